The number of halogens is 2. The molecule has 174 valence electrons. The van der Waals surface area contributed by atoms with Crippen LogP contribution < -0.4 is 10.2 Å². The first kappa shape index (κ1) is 23.0. The molecular formula is C27H19ClFN3O2S. The molecule has 3 aromatic carbocycles. The summed E-state index contributed by atoms with van der Waals surface area (Å²) in [6.07, 6.45) is 3.46. The number of aromatic nitrogens is 1. The molecule has 1 aliphatic heterocycles. The molecule has 1 saturated heterocycles. The third-order valence-corrected chi connectivity index (χ3v) is 6.66. The van der Waals surface area contributed by atoms with E-state index in [9.17, 15) is 14.0 Å². The summed E-state index contributed by atoms with van der Waals surface area (Å²) >= 11 is 11.6. The number of hydrogen-bond donors (Lipinski definition) is 1. The third-order valence-electron chi connectivity index (χ3n) is 5.97. The fourth-order valence-electron chi connectivity index (χ4n) is 4.18. The Morgan fingerprint density at radius 3 is 2.54 bits per heavy atom. The SMILES string of the molecule is Cc1c(Cl)cccc1N1C(=O)/C(=C/c2cn(Cc3ccc(F)cc3)c3ccccc23)C(=O)NC1=S. The van der Waals surface area contributed by atoms with Gasteiger partial charge in [-0.05, 0) is 66.7 Å². The van der Waals surface area contributed by atoms with E-state index in [0.29, 0.717) is 28.4 Å². The van der Waals surface area contributed by atoms with Crippen molar-refractivity contribution in [1.29, 1.82) is 0 Å². The number of benzene rings is 3. The van der Waals surface area contributed by atoms with Crippen LogP contribution in [0, 0.1) is 12.7 Å². The second-order valence-corrected chi connectivity index (χ2v) is 8.99. The van der Waals surface area contributed by atoms with Crippen molar-refractivity contribution in [1.82, 2.24) is 9.88 Å². The molecule has 0 atom stereocenters. The van der Waals surface area contributed by atoms with Crippen molar-refractivity contribution < 1.29 is 14.0 Å². The largest absolute Gasteiger partial charge is 0.342 e. The van der Waals surface area contributed by atoms with E-state index in [4.69, 9.17) is 23.8 Å². The van der Waals surface area contributed by atoms with E-state index in [0.717, 1.165) is 16.5 Å². The van der Waals surface area contributed by atoms with Gasteiger partial charge in [-0.3, -0.25) is 19.8 Å². The molecule has 1 aromatic heterocycles. The van der Waals surface area contributed by atoms with Gasteiger partial charge in [0.2, 0.25) is 0 Å². The maximum atomic E-state index is 13.5. The summed E-state index contributed by atoms with van der Waals surface area (Å²) in [5.74, 6) is -1.39. The van der Waals surface area contributed by atoms with Crippen LogP contribution in [0.1, 0.15) is 16.7 Å². The molecule has 0 saturated carbocycles. The molecule has 2 amide bonds. The number of rotatable bonds is 4. The Morgan fingerprint density at radius 1 is 1.03 bits per heavy atom. The molecule has 0 radical (unpaired) electrons. The van der Waals surface area contributed by atoms with Crippen LogP contribution >= 0.6 is 23.8 Å². The summed E-state index contributed by atoms with van der Waals surface area (Å²) in [5.41, 5.74) is 3.70. The van der Waals surface area contributed by atoms with Gasteiger partial charge in [0.25, 0.3) is 11.8 Å². The highest BCUT2D eigenvalue weighted by Gasteiger charge is 2.35. The molecule has 1 aliphatic rings. The van der Waals surface area contributed by atoms with Crippen LogP contribution in [-0.4, -0.2) is 21.5 Å². The number of anilines is 1. The van der Waals surface area contributed by atoms with E-state index in [1.54, 1.807) is 43.3 Å². The number of nitrogens with zero attached hydrogens (tertiary/aromatic N) is 2. The maximum absolute atomic E-state index is 13.5. The van der Waals surface area contributed by atoms with Gasteiger partial charge in [0.05, 0.1) is 5.69 Å². The molecule has 0 unspecified atom stereocenters. The zero-order chi connectivity index (χ0) is 24.7. The number of thiocarbonyl (C=S) groups is 1. The fraction of sp³-hybridized carbons (Fsp3) is 0.0741. The summed E-state index contributed by atoms with van der Waals surface area (Å²) < 4.78 is 15.3. The number of amides is 2. The monoisotopic (exact) mass is 503 g/mol. The average Bonchev–Trinajstić information content (AvgIpc) is 3.18. The Bertz CT molecular complexity index is 1540. The fourth-order valence-corrected chi connectivity index (χ4v) is 4.62. The molecule has 5 nitrogen and oxygen atoms in total. The van der Waals surface area contributed by atoms with E-state index < -0.39 is 11.8 Å². The number of hydrogen-bond acceptors (Lipinski definition) is 3. The molecule has 1 fully saturated rings. The van der Waals surface area contributed by atoms with Gasteiger partial charge in [-0.25, -0.2) is 4.39 Å². The molecule has 0 aliphatic carbocycles. The normalized spacial score (nSPS) is 15.2. The molecule has 4 aromatic rings. The van der Waals surface area contributed by atoms with Crippen molar-refractivity contribution in [3.63, 3.8) is 0 Å². The number of nitrogens with one attached hydrogen (secondary N) is 1. The van der Waals surface area contributed by atoms with Gasteiger partial charge in [-0.2, -0.15) is 0 Å². The van der Waals surface area contributed by atoms with E-state index in [2.05, 4.69) is 5.32 Å². The Balaban J connectivity index is 1.58. The molecular weight excluding hydrogens is 485 g/mol. The van der Waals surface area contributed by atoms with Gasteiger partial charge in [0.1, 0.15) is 11.4 Å². The highest BCUT2D eigenvalue weighted by Crippen LogP contribution is 2.31. The Hall–Kier alpha value is -3.81. The average molecular weight is 504 g/mol. The van der Waals surface area contributed by atoms with E-state index in [-0.39, 0.29) is 16.5 Å². The lowest BCUT2D eigenvalue weighted by atomic mass is 10.1. The van der Waals surface area contributed by atoms with Crippen LogP contribution in [0.5, 0.6) is 0 Å². The number of fused-ring (bicyclic) bond motifs is 1. The van der Waals surface area contributed by atoms with Crippen LogP contribution in [0.3, 0.4) is 0 Å². The number of carbonyl (C=O) groups is 2. The Morgan fingerprint density at radius 2 is 1.77 bits per heavy atom. The van der Waals surface area contributed by atoms with Crippen molar-refractivity contribution in [3.8, 4) is 0 Å². The molecule has 2 heterocycles. The first-order valence-corrected chi connectivity index (χ1v) is 11.6. The quantitative estimate of drug-likeness (QED) is 0.223. The van der Waals surface area contributed by atoms with Gasteiger partial charge in [-0.15, -0.1) is 0 Å². The molecule has 35 heavy (non-hydrogen) atoms. The molecule has 5 rings (SSSR count). The van der Waals surface area contributed by atoms with E-state index in [1.165, 1.54) is 17.0 Å². The third kappa shape index (κ3) is 4.24. The minimum absolute atomic E-state index is 0.00116. The molecule has 8 heteroatoms. The number of carbonyl (C=O) groups excluding carboxylic acids is 2. The number of para-hydroxylation sites is 1. The first-order chi connectivity index (χ1) is 16.8. The topological polar surface area (TPSA) is 54.3 Å². The second-order valence-electron chi connectivity index (χ2n) is 8.20. The zero-order valence-corrected chi connectivity index (χ0v) is 20.2. The van der Waals surface area contributed by atoms with Crippen LogP contribution in [0.4, 0.5) is 10.1 Å². The Labute approximate surface area is 211 Å². The van der Waals surface area contributed by atoms with Crippen LogP contribution in [0.25, 0.3) is 17.0 Å². The lowest BCUT2D eigenvalue weighted by Crippen LogP contribution is -2.54. The van der Waals surface area contributed by atoms with Gasteiger partial charge in [0, 0.05) is 34.2 Å². The van der Waals surface area contributed by atoms with Gasteiger partial charge >= 0.3 is 0 Å². The van der Waals surface area contributed by atoms with Crippen molar-refractivity contribution in [2.75, 3.05) is 4.90 Å². The van der Waals surface area contributed by atoms with Crippen molar-refractivity contribution in [2.24, 2.45) is 0 Å². The van der Waals surface area contributed by atoms with Gasteiger partial charge in [-0.1, -0.05) is 48.0 Å². The highest BCUT2D eigenvalue weighted by atomic mass is 35.5. The zero-order valence-electron chi connectivity index (χ0n) is 18.6. The second kappa shape index (κ2) is 9.09. The smallest absolute Gasteiger partial charge is 0.270 e. The van der Waals surface area contributed by atoms with Crippen molar-refractivity contribution >= 4 is 63.4 Å². The molecule has 0 spiro atoms. The minimum atomic E-state index is -0.564. The van der Waals surface area contributed by atoms with Crippen LogP contribution in [0.2, 0.25) is 5.02 Å². The Kier molecular flexibility index (Phi) is 5.96. The minimum Gasteiger partial charge on any atom is -0.342 e. The van der Waals surface area contributed by atoms with Crippen molar-refractivity contribution in [2.45, 2.75) is 13.5 Å². The van der Waals surface area contributed by atoms with Crippen LogP contribution in [-0.2, 0) is 16.1 Å². The maximum Gasteiger partial charge on any atom is 0.270 e. The summed E-state index contributed by atoms with van der Waals surface area (Å²) in [4.78, 5) is 27.6. The highest BCUT2D eigenvalue weighted by molar-refractivity contribution is 7.80. The summed E-state index contributed by atoms with van der Waals surface area (Å²) in [7, 11) is 0. The summed E-state index contributed by atoms with van der Waals surface area (Å²) in [5, 5.41) is 3.99. The van der Waals surface area contributed by atoms with Crippen molar-refractivity contribution in [3.05, 3.63) is 106 Å². The first-order valence-electron chi connectivity index (χ1n) is 10.8. The molecule has 1 N–H and O–H groups in total. The lowest BCUT2D eigenvalue weighted by Gasteiger charge is -2.30. The molecule has 0 bridgehead atoms. The predicted octanol–water partition coefficient (Wildman–Crippen LogP) is 5.62. The lowest BCUT2D eigenvalue weighted by molar-refractivity contribution is -0.122. The summed E-state index contributed by atoms with van der Waals surface area (Å²) in [6, 6.07) is 19.2. The van der Waals surface area contributed by atoms with E-state index >= 15 is 0 Å². The van der Waals surface area contributed by atoms with Crippen LogP contribution in [0.15, 0.2) is 78.5 Å². The predicted molar refractivity (Wildman–Crippen MR) is 140 cm³/mol. The standard InChI is InChI=1S/C27H19ClFN3O2S/c1-16-22(28)6-4-8-23(16)32-26(34)21(25(33)30-27(32)35)13-18-15-31(24-7-3-2-5-20(18)24)14-17-9-11-19(29)12-10-17/h2-13,15H,14H2,1H3,(H,30,33,35)/b21-13+. The van der Waals surface area contributed by atoms with Gasteiger partial charge in [0.15, 0.2) is 5.11 Å². The van der Waals surface area contributed by atoms with Gasteiger partial charge < -0.3 is 4.57 Å². The van der Waals surface area contributed by atoms with E-state index in [1.807, 2.05) is 35.0 Å². The summed E-state index contributed by atoms with van der Waals surface area (Å²) in [6.45, 7) is 2.29.